The molecular weight excluding hydrogens is 796 g/mol. The molecule has 4 amide bonds. The summed E-state index contributed by atoms with van der Waals surface area (Å²) < 4.78 is 78.9. The topological polar surface area (TPSA) is 116 Å². The number of imide groups is 2. The normalized spacial score (nSPS) is 26.8. The molecule has 6 atom stereocenters. The molecule has 9 nitrogen and oxygen atoms in total. The molecule has 3 fully saturated rings. The fraction of sp³-hybridized carbons (Fsp3) is 0.220. The van der Waals surface area contributed by atoms with Crippen LogP contribution in [0.25, 0.3) is 6.08 Å². The number of ether oxygens (including phenoxy) is 1. The van der Waals surface area contributed by atoms with Crippen molar-refractivity contribution in [3.8, 4) is 11.5 Å². The van der Waals surface area contributed by atoms with Crippen LogP contribution in [0.4, 0.5) is 44.7 Å². The molecule has 57 heavy (non-hydrogen) atoms. The molecule has 0 radical (unpaired) electrons. The van der Waals surface area contributed by atoms with E-state index in [9.17, 15) is 37.5 Å². The van der Waals surface area contributed by atoms with Crippen LogP contribution in [-0.4, -0.2) is 45.6 Å². The first-order chi connectivity index (χ1) is 27.1. The Morgan fingerprint density at radius 2 is 1.42 bits per heavy atom. The Bertz CT molecular complexity index is 2440. The standard InChI is InChI=1S/C41H28Cl2F5N3O6/c1-57-28-17-19(8-16-27(28)52)7-15-26-23-13-14-24-29(37(54)50(36(24)53)22-11-9-21(10-12-22)49-20-5-3-2-4-6-20)25(23)18-40(42)38(55)51(39(56)41(26,40)43)35-33(47)31(45)30(44)32(46)34(35)48/h2-13,15-17,24-26,29,49,52H,14,18H2,1H3/t24-,25+,26-,29-,40+,41-/m0/s1. The quantitative estimate of drug-likeness (QED) is 0.0483. The van der Waals surface area contributed by atoms with E-state index in [0.717, 1.165) is 10.6 Å². The van der Waals surface area contributed by atoms with Gasteiger partial charge in [-0.05, 0) is 72.9 Å². The lowest BCUT2D eigenvalue weighted by Crippen LogP contribution is -2.60. The second kappa shape index (κ2) is 13.7. The molecule has 0 spiro atoms. The van der Waals surface area contributed by atoms with E-state index in [4.69, 9.17) is 27.9 Å². The molecule has 4 aromatic carbocycles. The van der Waals surface area contributed by atoms with Crippen molar-refractivity contribution in [2.75, 3.05) is 22.2 Å². The summed E-state index contributed by atoms with van der Waals surface area (Å²) >= 11 is 14.3. The number of nitrogens with one attached hydrogen (secondary N) is 1. The van der Waals surface area contributed by atoms with E-state index in [1.807, 2.05) is 30.3 Å². The van der Waals surface area contributed by atoms with Gasteiger partial charge in [0.1, 0.15) is 5.69 Å². The SMILES string of the molecule is COc1cc(C=C[C@H]2C3=CC[C@@H]4C(=O)N(c5ccc(Nc6ccccc6)cc5)C(=O)[C@@H]4[C@@H]3C[C@@]3(Cl)C(=O)N(c4c(F)c(F)c(F)c(F)c4F)C(=O)[C@@]23Cl)ccc1O. The summed E-state index contributed by atoms with van der Waals surface area (Å²) in [5.74, 6) is -21.4. The first kappa shape index (κ1) is 38.2. The summed E-state index contributed by atoms with van der Waals surface area (Å²) in [4.78, 5) is 52.7. The maximum absolute atomic E-state index is 15.3. The molecule has 2 heterocycles. The number of aromatic hydroxyl groups is 1. The minimum atomic E-state index is -2.66. The average Bonchev–Trinajstić information content (AvgIpc) is 3.55. The fourth-order valence-corrected chi connectivity index (χ4v) is 9.35. The maximum Gasteiger partial charge on any atom is 0.258 e. The lowest BCUT2D eigenvalue weighted by atomic mass is 9.57. The number of hydrogen-bond donors (Lipinski definition) is 2. The molecule has 292 valence electrons. The summed E-state index contributed by atoms with van der Waals surface area (Å²) in [7, 11) is 1.31. The number of phenols is 1. The van der Waals surface area contributed by atoms with Crippen LogP contribution in [0.5, 0.6) is 11.5 Å². The summed E-state index contributed by atoms with van der Waals surface area (Å²) in [6, 6.07) is 20.0. The van der Waals surface area contributed by atoms with Crippen LogP contribution in [0.15, 0.2) is 90.5 Å². The van der Waals surface area contributed by atoms with Crippen LogP contribution >= 0.6 is 23.2 Å². The number of carbonyl (C=O) groups excluding carboxylic acids is 4. The van der Waals surface area contributed by atoms with Crippen molar-refractivity contribution in [3.63, 3.8) is 0 Å². The van der Waals surface area contributed by atoms with Crippen LogP contribution in [0.2, 0.25) is 0 Å². The molecule has 8 rings (SSSR count). The summed E-state index contributed by atoms with van der Waals surface area (Å²) in [5.41, 5.74) is 0.528. The number of phenolic OH excluding ortho intramolecular Hbond substituents is 1. The predicted molar refractivity (Wildman–Crippen MR) is 200 cm³/mol. The van der Waals surface area contributed by atoms with Gasteiger partial charge < -0.3 is 15.2 Å². The molecule has 0 unspecified atom stereocenters. The lowest BCUT2D eigenvalue weighted by Gasteiger charge is -2.49. The van der Waals surface area contributed by atoms with Crippen LogP contribution < -0.4 is 19.9 Å². The van der Waals surface area contributed by atoms with Crippen molar-refractivity contribution in [1.82, 2.24) is 0 Å². The fourth-order valence-electron chi connectivity index (χ4n) is 8.46. The predicted octanol–water partition coefficient (Wildman–Crippen LogP) is 8.15. The Balaban J connectivity index is 1.22. The number of alkyl halides is 2. The highest BCUT2D eigenvalue weighted by Crippen LogP contribution is 2.64. The third kappa shape index (κ3) is 5.55. The van der Waals surface area contributed by atoms with E-state index in [1.165, 1.54) is 37.5 Å². The van der Waals surface area contributed by atoms with Gasteiger partial charge in [0.25, 0.3) is 11.8 Å². The van der Waals surface area contributed by atoms with Crippen LogP contribution in [-0.2, 0) is 19.2 Å². The summed E-state index contributed by atoms with van der Waals surface area (Å²) in [6.45, 7) is 0. The highest BCUT2D eigenvalue weighted by atomic mass is 35.5. The van der Waals surface area contributed by atoms with Crippen molar-refractivity contribution in [3.05, 3.63) is 125 Å². The molecule has 0 bridgehead atoms. The molecule has 4 aromatic rings. The number of anilines is 4. The number of carbonyl (C=O) groups is 4. The second-order valence-corrected chi connectivity index (χ2v) is 15.3. The zero-order chi connectivity index (χ0) is 40.7. The monoisotopic (exact) mass is 823 g/mol. The average molecular weight is 825 g/mol. The van der Waals surface area contributed by atoms with Gasteiger partial charge in [0.05, 0.1) is 24.6 Å². The largest absolute Gasteiger partial charge is 0.504 e. The lowest BCUT2D eigenvalue weighted by molar-refractivity contribution is -0.125. The smallest absolute Gasteiger partial charge is 0.258 e. The number of halogens is 7. The van der Waals surface area contributed by atoms with Gasteiger partial charge in [-0.2, -0.15) is 0 Å². The summed E-state index contributed by atoms with van der Waals surface area (Å²) in [5, 5.41) is 13.3. The molecule has 2 N–H and O–H groups in total. The van der Waals surface area contributed by atoms with Crippen LogP contribution in [0, 0.1) is 52.8 Å². The molecule has 2 saturated heterocycles. The van der Waals surface area contributed by atoms with Gasteiger partial charge in [-0.25, -0.2) is 26.9 Å². The summed E-state index contributed by atoms with van der Waals surface area (Å²) in [6.07, 6.45) is 3.74. The third-order valence-corrected chi connectivity index (χ3v) is 12.6. The third-order valence-electron chi connectivity index (χ3n) is 11.2. The van der Waals surface area contributed by atoms with Crippen LogP contribution in [0.1, 0.15) is 18.4 Å². The molecule has 2 aliphatic heterocycles. The molecule has 1 saturated carbocycles. The van der Waals surface area contributed by atoms with Crippen molar-refractivity contribution in [1.29, 1.82) is 0 Å². The Hall–Kier alpha value is -5.73. The maximum atomic E-state index is 15.3. The van der Waals surface area contributed by atoms with Crippen molar-refractivity contribution in [2.24, 2.45) is 23.7 Å². The Morgan fingerprint density at radius 1 is 0.789 bits per heavy atom. The first-order valence-corrected chi connectivity index (χ1v) is 18.2. The van der Waals surface area contributed by atoms with Crippen molar-refractivity contribution < 1.29 is 51.0 Å². The van der Waals surface area contributed by atoms with E-state index >= 15 is 8.78 Å². The second-order valence-electron chi connectivity index (χ2n) is 14.1. The minimum Gasteiger partial charge on any atom is -0.504 e. The van der Waals surface area contributed by atoms with E-state index in [2.05, 4.69) is 5.32 Å². The highest BCUT2D eigenvalue weighted by molar-refractivity contribution is 6.58. The van der Waals surface area contributed by atoms with Gasteiger partial charge in [0.15, 0.2) is 44.5 Å². The zero-order valence-corrected chi connectivity index (χ0v) is 30.9. The van der Waals surface area contributed by atoms with Crippen molar-refractivity contribution in [2.45, 2.75) is 22.6 Å². The van der Waals surface area contributed by atoms with Gasteiger partial charge in [-0.1, -0.05) is 48.1 Å². The number of benzene rings is 4. The Labute approximate surface area is 330 Å². The van der Waals surface area contributed by atoms with E-state index in [1.54, 1.807) is 30.3 Å². The molecule has 2 aliphatic carbocycles. The molecule has 0 aromatic heterocycles. The van der Waals surface area contributed by atoms with Crippen LogP contribution in [0.3, 0.4) is 0 Å². The van der Waals surface area contributed by atoms with Gasteiger partial charge in [-0.3, -0.25) is 24.1 Å². The number of rotatable bonds is 7. The van der Waals surface area contributed by atoms with Gasteiger partial charge in [0.2, 0.25) is 17.6 Å². The number of allylic oxidation sites excluding steroid dienone is 3. The number of amides is 4. The van der Waals surface area contributed by atoms with Crippen molar-refractivity contribution >= 4 is 75.7 Å². The Morgan fingerprint density at radius 3 is 2.07 bits per heavy atom. The number of fused-ring (bicyclic) bond motifs is 4. The highest BCUT2D eigenvalue weighted by Gasteiger charge is 2.76. The molecular formula is C41H28Cl2F5N3O6. The van der Waals surface area contributed by atoms with Gasteiger partial charge >= 0.3 is 0 Å². The number of nitrogens with zero attached hydrogens (tertiary/aromatic N) is 2. The van der Waals surface area contributed by atoms with Gasteiger partial charge in [-0.15, -0.1) is 23.2 Å². The van der Waals surface area contributed by atoms with Gasteiger partial charge in [0, 0.05) is 17.3 Å². The molecule has 16 heteroatoms. The zero-order valence-electron chi connectivity index (χ0n) is 29.4. The number of hydrogen-bond acceptors (Lipinski definition) is 7. The van der Waals surface area contributed by atoms with E-state index in [-0.39, 0.29) is 34.1 Å². The minimum absolute atomic E-state index is 0.0195. The number of methoxy groups -OCH3 is 1. The first-order valence-electron chi connectivity index (χ1n) is 17.5. The molecule has 4 aliphatic rings. The van der Waals surface area contributed by atoms with E-state index in [0.29, 0.717) is 11.3 Å². The number of para-hydroxylation sites is 1. The van der Waals surface area contributed by atoms with E-state index < -0.39 is 98.2 Å². The Kier molecular flexibility index (Phi) is 9.19.